The van der Waals surface area contributed by atoms with Crippen molar-refractivity contribution in [2.75, 3.05) is 39.7 Å². The predicted molar refractivity (Wildman–Crippen MR) is 107 cm³/mol. The summed E-state index contributed by atoms with van der Waals surface area (Å²) in [6.45, 7) is 1.63. The number of methoxy groups -OCH3 is 2. The number of carbonyl (C=O) groups is 2. The summed E-state index contributed by atoms with van der Waals surface area (Å²) in [6.07, 6.45) is 0.890. The first-order valence-electron chi connectivity index (χ1n) is 9.15. The minimum Gasteiger partial charge on any atom is -0.493 e. The summed E-state index contributed by atoms with van der Waals surface area (Å²) in [7, 11) is 4.80. The van der Waals surface area contributed by atoms with Crippen LogP contribution in [0.1, 0.15) is 27.1 Å². The number of anilines is 1. The van der Waals surface area contributed by atoms with Crippen LogP contribution in [0.3, 0.4) is 0 Å². The fraction of sp³-hybridized carbons (Fsp3) is 0.333. The maximum absolute atomic E-state index is 13.2. The van der Waals surface area contributed by atoms with Gasteiger partial charge >= 0.3 is 0 Å². The van der Waals surface area contributed by atoms with Crippen LogP contribution in [0.4, 0.5) is 5.69 Å². The summed E-state index contributed by atoms with van der Waals surface area (Å²) in [4.78, 5) is 27.5. The topological polar surface area (TPSA) is 79.9 Å². The van der Waals surface area contributed by atoms with Crippen LogP contribution in [-0.4, -0.2) is 57.1 Å². The van der Waals surface area contributed by atoms with Crippen molar-refractivity contribution in [1.29, 1.82) is 0 Å². The Morgan fingerprint density at radius 2 is 1.79 bits per heavy atom. The lowest BCUT2D eigenvalue weighted by Gasteiger charge is -2.25. The Balaban J connectivity index is 1.96. The van der Waals surface area contributed by atoms with E-state index < -0.39 is 0 Å². The molecule has 1 saturated heterocycles. The van der Waals surface area contributed by atoms with Crippen molar-refractivity contribution in [1.82, 2.24) is 10.2 Å². The van der Waals surface area contributed by atoms with Gasteiger partial charge in [0.25, 0.3) is 11.8 Å². The highest BCUT2D eigenvalue weighted by molar-refractivity contribution is 6.09. The molecule has 0 spiro atoms. The molecule has 0 aromatic heterocycles. The quantitative estimate of drug-likeness (QED) is 0.801. The fourth-order valence-corrected chi connectivity index (χ4v) is 3.27. The van der Waals surface area contributed by atoms with Crippen LogP contribution in [0.25, 0.3) is 0 Å². The number of rotatable bonds is 6. The Hall–Kier alpha value is -3.06. The number of ether oxygens (including phenoxy) is 2. The van der Waals surface area contributed by atoms with E-state index >= 15 is 0 Å². The van der Waals surface area contributed by atoms with Crippen molar-refractivity contribution >= 4 is 17.5 Å². The van der Waals surface area contributed by atoms with E-state index in [1.165, 1.54) is 14.2 Å². The summed E-state index contributed by atoms with van der Waals surface area (Å²) in [5.74, 6) is 0.388. The van der Waals surface area contributed by atoms with Crippen LogP contribution in [0.15, 0.2) is 42.5 Å². The zero-order valence-corrected chi connectivity index (χ0v) is 16.3. The largest absolute Gasteiger partial charge is 0.493 e. The number of nitrogens with one attached hydrogen (secondary N) is 2. The number of amides is 2. The highest BCUT2D eigenvalue weighted by atomic mass is 16.5. The van der Waals surface area contributed by atoms with Gasteiger partial charge in [0.15, 0.2) is 11.5 Å². The molecular weight excluding hydrogens is 358 g/mol. The average Bonchev–Trinajstić information content (AvgIpc) is 3.27. The number of hydrogen-bond acceptors (Lipinski definition) is 5. The van der Waals surface area contributed by atoms with Crippen molar-refractivity contribution in [3.8, 4) is 11.5 Å². The summed E-state index contributed by atoms with van der Waals surface area (Å²) >= 11 is 0. The molecule has 0 radical (unpaired) electrons. The van der Waals surface area contributed by atoms with E-state index in [0.717, 1.165) is 19.5 Å². The van der Waals surface area contributed by atoms with Gasteiger partial charge in [-0.2, -0.15) is 0 Å². The third-order valence-corrected chi connectivity index (χ3v) is 4.94. The van der Waals surface area contributed by atoms with Crippen LogP contribution in [0.2, 0.25) is 0 Å². The van der Waals surface area contributed by atoms with Crippen molar-refractivity contribution in [3.05, 3.63) is 53.6 Å². The number of carbonyl (C=O) groups excluding carboxylic acids is 2. The van der Waals surface area contributed by atoms with E-state index in [4.69, 9.17) is 9.47 Å². The third kappa shape index (κ3) is 4.09. The molecule has 148 valence electrons. The molecule has 1 atom stereocenters. The zero-order chi connectivity index (χ0) is 20.1. The van der Waals surface area contributed by atoms with Crippen molar-refractivity contribution in [2.45, 2.75) is 12.5 Å². The molecule has 2 aromatic rings. The number of nitrogens with zero attached hydrogens (tertiary/aromatic N) is 1. The molecule has 1 fully saturated rings. The molecule has 0 saturated carbocycles. The van der Waals surface area contributed by atoms with Gasteiger partial charge in [-0.15, -0.1) is 0 Å². The molecule has 2 N–H and O–H groups in total. The second-order valence-electron chi connectivity index (χ2n) is 6.64. The molecule has 0 bridgehead atoms. The predicted octanol–water partition coefficient (Wildman–Crippen LogP) is 2.39. The monoisotopic (exact) mass is 383 g/mol. The van der Waals surface area contributed by atoms with Crippen molar-refractivity contribution < 1.29 is 19.1 Å². The van der Waals surface area contributed by atoms with E-state index in [1.807, 2.05) is 6.07 Å². The lowest BCUT2D eigenvalue weighted by atomic mass is 10.1. The van der Waals surface area contributed by atoms with E-state index in [-0.39, 0.29) is 17.9 Å². The number of likely N-dealkylation sites (N-methyl/N-ethyl adjacent to an activating group) is 1. The Kier molecular flexibility index (Phi) is 6.16. The van der Waals surface area contributed by atoms with Crippen molar-refractivity contribution in [2.24, 2.45) is 0 Å². The van der Waals surface area contributed by atoms with E-state index in [2.05, 4.69) is 10.6 Å². The first kappa shape index (κ1) is 19.7. The maximum atomic E-state index is 13.2. The Labute approximate surface area is 164 Å². The standard InChI is InChI=1S/C21H25N3O4/c1-24(15-9-10-22-13-15)21(26)16-11-18(27-2)19(28-3)12-17(16)23-20(25)14-7-5-4-6-8-14/h4-8,11-12,15,22H,9-10,13H2,1-3H3,(H,23,25). The molecule has 1 heterocycles. The normalized spacial score (nSPS) is 15.8. The van der Waals surface area contributed by atoms with Gasteiger partial charge in [-0.25, -0.2) is 0 Å². The molecule has 3 rings (SSSR count). The fourth-order valence-electron chi connectivity index (χ4n) is 3.27. The van der Waals surface area contributed by atoms with Crippen LogP contribution < -0.4 is 20.1 Å². The Morgan fingerprint density at radius 3 is 2.39 bits per heavy atom. The molecule has 2 amide bonds. The Morgan fingerprint density at radius 1 is 1.11 bits per heavy atom. The number of benzene rings is 2. The zero-order valence-electron chi connectivity index (χ0n) is 16.3. The first-order chi connectivity index (χ1) is 13.5. The molecule has 2 aromatic carbocycles. The van der Waals surface area contributed by atoms with Gasteiger partial charge in [-0.3, -0.25) is 9.59 Å². The van der Waals surface area contributed by atoms with Crippen LogP contribution in [0, 0.1) is 0 Å². The summed E-state index contributed by atoms with van der Waals surface area (Å²) in [5, 5.41) is 6.10. The molecule has 28 heavy (non-hydrogen) atoms. The lowest BCUT2D eigenvalue weighted by Crippen LogP contribution is -2.38. The second-order valence-corrected chi connectivity index (χ2v) is 6.64. The third-order valence-electron chi connectivity index (χ3n) is 4.94. The van der Waals surface area contributed by atoms with Gasteiger partial charge in [0, 0.05) is 31.3 Å². The molecule has 1 aliphatic heterocycles. The minimum atomic E-state index is -0.299. The lowest BCUT2D eigenvalue weighted by molar-refractivity contribution is 0.0744. The van der Waals surface area contributed by atoms with Gasteiger partial charge in [0.2, 0.25) is 0 Å². The van der Waals surface area contributed by atoms with Crippen LogP contribution in [-0.2, 0) is 0 Å². The maximum Gasteiger partial charge on any atom is 0.256 e. The van der Waals surface area contributed by atoms with Gasteiger partial charge in [0.05, 0.1) is 25.5 Å². The molecule has 1 aliphatic rings. The Bertz CT molecular complexity index is 848. The van der Waals surface area contributed by atoms with Gasteiger partial charge in [0.1, 0.15) is 0 Å². The van der Waals surface area contributed by atoms with Crippen LogP contribution in [0.5, 0.6) is 11.5 Å². The molecular formula is C21H25N3O4. The highest BCUT2D eigenvalue weighted by Gasteiger charge is 2.27. The SMILES string of the molecule is COc1cc(NC(=O)c2ccccc2)c(C(=O)N(C)C2CCNC2)cc1OC. The second kappa shape index (κ2) is 8.75. The highest BCUT2D eigenvalue weighted by Crippen LogP contribution is 2.34. The van der Waals surface area contributed by atoms with Crippen molar-refractivity contribution in [3.63, 3.8) is 0 Å². The van der Waals surface area contributed by atoms with Gasteiger partial charge < -0.3 is 25.0 Å². The first-order valence-corrected chi connectivity index (χ1v) is 9.15. The summed E-state index contributed by atoms with van der Waals surface area (Å²) < 4.78 is 10.7. The van der Waals surface area contributed by atoms with E-state index in [9.17, 15) is 9.59 Å². The summed E-state index contributed by atoms with van der Waals surface area (Å²) in [5.41, 5.74) is 1.25. The molecule has 7 heteroatoms. The van der Waals surface area contributed by atoms with Gasteiger partial charge in [-0.05, 0) is 31.2 Å². The van der Waals surface area contributed by atoms with Crippen LogP contribution >= 0.6 is 0 Å². The number of hydrogen-bond donors (Lipinski definition) is 2. The van der Waals surface area contributed by atoms with Gasteiger partial charge in [-0.1, -0.05) is 18.2 Å². The average molecular weight is 383 g/mol. The van der Waals surface area contributed by atoms with E-state index in [0.29, 0.717) is 28.3 Å². The summed E-state index contributed by atoms with van der Waals surface area (Å²) in [6, 6.07) is 12.2. The molecule has 0 aliphatic carbocycles. The molecule has 1 unspecified atom stereocenters. The van der Waals surface area contributed by atoms with E-state index in [1.54, 1.807) is 48.3 Å². The smallest absolute Gasteiger partial charge is 0.256 e. The minimum absolute atomic E-state index is 0.110. The molecule has 7 nitrogen and oxygen atoms in total.